The first-order valence-electron chi connectivity index (χ1n) is 12.3. The third-order valence-corrected chi connectivity index (χ3v) is 7.31. The minimum atomic E-state index is 0.335. The molecule has 176 valence electrons. The third-order valence-electron chi connectivity index (χ3n) is 7.31. The summed E-state index contributed by atoms with van der Waals surface area (Å²) >= 11 is 0. The molecular weight excluding hydrogens is 420 g/mol. The summed E-state index contributed by atoms with van der Waals surface area (Å²) in [5.41, 5.74) is 8.78. The number of methoxy groups -OCH3 is 1. The van der Waals surface area contributed by atoms with Crippen LogP contribution in [-0.2, 0) is 6.42 Å². The number of ether oxygens (including phenoxy) is 1. The van der Waals surface area contributed by atoms with E-state index in [-0.39, 0.29) is 0 Å². The Morgan fingerprint density at radius 1 is 0.794 bits per heavy atom. The van der Waals surface area contributed by atoms with E-state index in [4.69, 9.17) is 4.74 Å². The lowest BCUT2D eigenvalue weighted by Gasteiger charge is -2.38. The zero-order chi connectivity index (χ0) is 23.7. The van der Waals surface area contributed by atoms with Gasteiger partial charge in [0.2, 0.25) is 0 Å². The normalized spacial score (nSPS) is 16.6. The molecule has 1 heterocycles. The van der Waals surface area contributed by atoms with Crippen LogP contribution < -0.4 is 9.64 Å². The fraction of sp³-hybridized carbons (Fsp3) is 0.333. The van der Waals surface area contributed by atoms with E-state index >= 15 is 0 Å². The van der Waals surface area contributed by atoms with E-state index < -0.39 is 0 Å². The van der Waals surface area contributed by atoms with Gasteiger partial charge in [0.05, 0.1) is 7.11 Å². The minimum Gasteiger partial charge on any atom is -0.508 e. The predicted molar refractivity (Wildman–Crippen MR) is 141 cm³/mol. The smallest absolute Gasteiger partial charge is 0.118 e. The molecule has 3 aromatic carbocycles. The maximum atomic E-state index is 10.1. The van der Waals surface area contributed by atoms with Crippen molar-refractivity contribution >= 4 is 16.8 Å². The summed E-state index contributed by atoms with van der Waals surface area (Å²) in [4.78, 5) is 5.04. The number of nitrogens with zero attached hydrogens (tertiary/aromatic N) is 2. The number of rotatable bonds is 5. The van der Waals surface area contributed by atoms with Crippen molar-refractivity contribution in [2.75, 3.05) is 38.2 Å². The van der Waals surface area contributed by atoms with Gasteiger partial charge in [-0.2, -0.15) is 0 Å². The number of piperazine rings is 1. The molecule has 1 saturated heterocycles. The van der Waals surface area contributed by atoms with Crippen LogP contribution in [-0.4, -0.2) is 49.3 Å². The largest absolute Gasteiger partial charge is 0.508 e. The summed E-state index contributed by atoms with van der Waals surface area (Å²) in [6, 6.07) is 23.9. The maximum Gasteiger partial charge on any atom is 0.118 e. The second-order valence-corrected chi connectivity index (χ2v) is 9.59. The first-order valence-corrected chi connectivity index (χ1v) is 12.3. The molecule has 0 bridgehead atoms. The number of allylic oxidation sites excluding steroid dienone is 1. The number of aromatic hydroxyl groups is 1. The fourth-order valence-corrected chi connectivity index (χ4v) is 5.32. The van der Waals surface area contributed by atoms with Crippen molar-refractivity contribution < 1.29 is 9.84 Å². The molecule has 1 aliphatic carbocycles. The lowest BCUT2D eigenvalue weighted by molar-refractivity contribution is 0.209. The molecule has 0 radical (unpaired) electrons. The highest BCUT2D eigenvalue weighted by atomic mass is 16.5. The number of anilines is 1. The molecule has 1 fully saturated rings. The van der Waals surface area contributed by atoms with Gasteiger partial charge in [0.1, 0.15) is 11.5 Å². The molecule has 0 saturated carbocycles. The lowest BCUT2D eigenvalue weighted by atomic mass is 9.79. The zero-order valence-corrected chi connectivity index (χ0v) is 20.4. The molecule has 34 heavy (non-hydrogen) atoms. The van der Waals surface area contributed by atoms with Crippen molar-refractivity contribution in [2.45, 2.75) is 32.7 Å². The van der Waals surface area contributed by atoms with Crippen molar-refractivity contribution in [1.82, 2.24) is 4.90 Å². The standard InChI is InChI=1S/C30H34N2O2/c1-21(2)31-16-18-32(19-17-31)25-9-4-23(5-10-25)30-28(22-6-12-27(34-3)13-7-22)14-8-24-20-26(33)11-15-29(24)30/h4-7,9-13,15,20-21,33H,8,14,16-19H2,1-3H3. The molecule has 3 aromatic rings. The molecule has 0 atom stereocenters. The van der Waals surface area contributed by atoms with Crippen LogP contribution in [0.5, 0.6) is 11.5 Å². The summed E-state index contributed by atoms with van der Waals surface area (Å²) in [6.07, 6.45) is 1.86. The number of hydrogen-bond donors (Lipinski definition) is 1. The highest BCUT2D eigenvalue weighted by molar-refractivity contribution is 6.01. The Morgan fingerprint density at radius 2 is 1.47 bits per heavy atom. The summed E-state index contributed by atoms with van der Waals surface area (Å²) in [6.45, 7) is 8.92. The molecule has 0 unspecified atom stereocenters. The average Bonchev–Trinajstić information content (AvgIpc) is 2.88. The molecule has 0 spiro atoms. The van der Waals surface area contributed by atoms with Gasteiger partial charge < -0.3 is 14.7 Å². The first kappa shape index (κ1) is 22.5. The predicted octanol–water partition coefficient (Wildman–Crippen LogP) is 5.84. The van der Waals surface area contributed by atoms with Crippen molar-refractivity contribution in [1.29, 1.82) is 0 Å². The third kappa shape index (κ3) is 4.43. The SMILES string of the molecule is COc1ccc(C2=C(c3ccc(N4CCN(C(C)C)CC4)cc3)c3ccc(O)cc3CC2)cc1. The van der Waals surface area contributed by atoms with E-state index in [9.17, 15) is 5.11 Å². The molecule has 1 N–H and O–H groups in total. The second-order valence-electron chi connectivity index (χ2n) is 9.59. The molecular formula is C30H34N2O2. The van der Waals surface area contributed by atoms with Gasteiger partial charge in [-0.25, -0.2) is 0 Å². The highest BCUT2D eigenvalue weighted by Gasteiger charge is 2.23. The first-order chi connectivity index (χ1) is 16.5. The quantitative estimate of drug-likeness (QED) is 0.526. The minimum absolute atomic E-state index is 0.335. The number of fused-ring (bicyclic) bond motifs is 1. The van der Waals surface area contributed by atoms with Gasteiger partial charge in [0.15, 0.2) is 0 Å². The number of phenolic OH excluding ortho intramolecular Hbond substituents is 1. The monoisotopic (exact) mass is 454 g/mol. The van der Waals surface area contributed by atoms with E-state index in [1.165, 1.54) is 39.1 Å². The van der Waals surface area contributed by atoms with Crippen LogP contribution in [0.25, 0.3) is 11.1 Å². The molecule has 0 aromatic heterocycles. The van der Waals surface area contributed by atoms with Gasteiger partial charge >= 0.3 is 0 Å². The van der Waals surface area contributed by atoms with E-state index in [1.54, 1.807) is 13.2 Å². The van der Waals surface area contributed by atoms with Crippen molar-refractivity contribution in [3.05, 3.63) is 89.0 Å². The average molecular weight is 455 g/mol. The summed E-state index contributed by atoms with van der Waals surface area (Å²) in [5, 5.41) is 10.1. The number of benzene rings is 3. The van der Waals surface area contributed by atoms with Crippen molar-refractivity contribution in [3.8, 4) is 11.5 Å². The Morgan fingerprint density at radius 3 is 2.12 bits per heavy atom. The summed E-state index contributed by atoms with van der Waals surface area (Å²) in [7, 11) is 1.70. The second kappa shape index (κ2) is 9.55. The Balaban J connectivity index is 1.51. The van der Waals surface area contributed by atoms with Crippen LogP contribution in [0.3, 0.4) is 0 Å². The Bertz CT molecular complexity index is 1170. The van der Waals surface area contributed by atoms with Crippen molar-refractivity contribution in [2.24, 2.45) is 0 Å². The zero-order valence-electron chi connectivity index (χ0n) is 20.4. The van der Waals surface area contributed by atoms with Gasteiger partial charge in [0.25, 0.3) is 0 Å². The molecule has 5 rings (SSSR count). The maximum absolute atomic E-state index is 10.1. The molecule has 0 amide bonds. The van der Waals surface area contributed by atoms with E-state index in [1.807, 2.05) is 18.2 Å². The molecule has 2 aliphatic rings. The topological polar surface area (TPSA) is 35.9 Å². The Kier molecular flexibility index (Phi) is 6.34. The number of hydrogen-bond acceptors (Lipinski definition) is 4. The van der Waals surface area contributed by atoms with Crippen LogP contribution in [0.2, 0.25) is 0 Å². The lowest BCUT2D eigenvalue weighted by Crippen LogP contribution is -2.48. The highest BCUT2D eigenvalue weighted by Crippen LogP contribution is 2.42. The van der Waals surface area contributed by atoms with E-state index in [0.717, 1.165) is 44.8 Å². The van der Waals surface area contributed by atoms with Crippen LogP contribution in [0.1, 0.15) is 42.5 Å². The van der Waals surface area contributed by atoms with Crippen LogP contribution in [0, 0.1) is 0 Å². The summed E-state index contributed by atoms with van der Waals surface area (Å²) in [5.74, 6) is 1.20. The van der Waals surface area contributed by atoms with Crippen molar-refractivity contribution in [3.63, 3.8) is 0 Å². The fourth-order valence-electron chi connectivity index (χ4n) is 5.32. The number of phenols is 1. The Labute approximate surface area is 203 Å². The molecule has 1 aliphatic heterocycles. The van der Waals surface area contributed by atoms with Gasteiger partial charge in [-0.3, -0.25) is 4.90 Å². The van der Waals surface area contributed by atoms with Gasteiger partial charge in [-0.1, -0.05) is 30.3 Å². The Hall–Kier alpha value is -3.24. The number of aryl methyl sites for hydroxylation is 1. The van der Waals surface area contributed by atoms with Crippen LogP contribution in [0.4, 0.5) is 5.69 Å². The van der Waals surface area contributed by atoms with Gasteiger partial charge in [-0.15, -0.1) is 0 Å². The van der Waals surface area contributed by atoms with E-state index in [0.29, 0.717) is 11.8 Å². The van der Waals surface area contributed by atoms with Crippen LogP contribution in [0.15, 0.2) is 66.7 Å². The summed E-state index contributed by atoms with van der Waals surface area (Å²) < 4.78 is 5.38. The molecule has 4 nitrogen and oxygen atoms in total. The van der Waals surface area contributed by atoms with Gasteiger partial charge in [-0.05, 0) is 96.5 Å². The molecule has 4 heteroatoms. The van der Waals surface area contributed by atoms with E-state index in [2.05, 4.69) is 66.1 Å². The van der Waals surface area contributed by atoms with Gasteiger partial charge in [0, 0.05) is 37.9 Å². The van der Waals surface area contributed by atoms with Crippen LogP contribution >= 0.6 is 0 Å².